The average molecular weight is 256 g/mol. The van der Waals surface area contributed by atoms with E-state index in [0.29, 0.717) is 17.9 Å². The molecule has 0 radical (unpaired) electrons. The number of rotatable bonds is 3. The van der Waals surface area contributed by atoms with Gasteiger partial charge >= 0.3 is 0 Å². The molecule has 1 saturated carbocycles. The first kappa shape index (κ1) is 13.2. The summed E-state index contributed by atoms with van der Waals surface area (Å²) < 4.78 is 0. The molecule has 1 unspecified atom stereocenters. The van der Waals surface area contributed by atoms with Crippen LogP contribution < -0.4 is 5.32 Å². The maximum Gasteiger partial charge on any atom is 0.241 e. The molecular weight excluding hydrogens is 232 g/mol. The molecule has 98 valence electrons. The van der Waals surface area contributed by atoms with E-state index in [1.807, 2.05) is 11.8 Å². The molecule has 1 heterocycles. The summed E-state index contributed by atoms with van der Waals surface area (Å²) >= 11 is 1.98. The van der Waals surface area contributed by atoms with Crippen LogP contribution in [0.4, 0.5) is 0 Å². The Morgan fingerprint density at radius 2 is 1.94 bits per heavy atom. The van der Waals surface area contributed by atoms with Crippen molar-refractivity contribution in [1.82, 2.24) is 10.2 Å². The average Bonchev–Trinajstić information content (AvgIpc) is 2.71. The Morgan fingerprint density at radius 1 is 1.29 bits per heavy atom. The number of hydrogen-bond acceptors (Lipinski definition) is 3. The Kier molecular flexibility index (Phi) is 4.36. The van der Waals surface area contributed by atoms with E-state index in [2.05, 4.69) is 30.3 Å². The second-order valence-corrected chi connectivity index (χ2v) is 6.70. The van der Waals surface area contributed by atoms with Gasteiger partial charge in [-0.1, -0.05) is 13.8 Å². The first-order valence-electron chi connectivity index (χ1n) is 6.70. The highest BCUT2D eigenvalue weighted by atomic mass is 32.2. The monoisotopic (exact) mass is 256 g/mol. The molecule has 1 amide bonds. The third-order valence-corrected chi connectivity index (χ3v) is 5.25. The van der Waals surface area contributed by atoms with E-state index in [1.54, 1.807) is 0 Å². The molecule has 2 aliphatic rings. The fourth-order valence-corrected chi connectivity index (χ4v) is 3.71. The third kappa shape index (κ3) is 2.79. The molecule has 1 N–H and O–H groups in total. The van der Waals surface area contributed by atoms with Gasteiger partial charge in [-0.3, -0.25) is 10.1 Å². The standard InChI is InChI=1S/C13H24N2OS/c1-9(2)12-13(16)15(8-14-12)10-4-6-11(17-3)7-5-10/h9-12,14H,4-8H2,1-3H3. The smallest absolute Gasteiger partial charge is 0.241 e. The number of hydrogen-bond donors (Lipinski definition) is 1. The van der Waals surface area contributed by atoms with E-state index in [4.69, 9.17) is 0 Å². The molecule has 0 bridgehead atoms. The minimum atomic E-state index is 0.0493. The van der Waals surface area contributed by atoms with Crippen LogP contribution >= 0.6 is 11.8 Å². The molecule has 2 fully saturated rings. The van der Waals surface area contributed by atoms with Crippen LogP contribution in [0.3, 0.4) is 0 Å². The van der Waals surface area contributed by atoms with Crippen LogP contribution in [-0.2, 0) is 4.79 Å². The van der Waals surface area contributed by atoms with Crippen molar-refractivity contribution >= 4 is 17.7 Å². The molecule has 17 heavy (non-hydrogen) atoms. The van der Waals surface area contributed by atoms with E-state index in [1.165, 1.54) is 25.7 Å². The fourth-order valence-electron chi connectivity index (χ4n) is 2.96. The molecule has 1 aliphatic carbocycles. The van der Waals surface area contributed by atoms with Gasteiger partial charge in [0.15, 0.2) is 0 Å². The van der Waals surface area contributed by atoms with Gasteiger partial charge in [0, 0.05) is 11.3 Å². The van der Waals surface area contributed by atoms with Crippen LogP contribution in [0.15, 0.2) is 0 Å². The first-order valence-corrected chi connectivity index (χ1v) is 7.99. The van der Waals surface area contributed by atoms with Crippen molar-refractivity contribution in [1.29, 1.82) is 0 Å². The van der Waals surface area contributed by atoms with Crippen LogP contribution in [0, 0.1) is 5.92 Å². The highest BCUT2D eigenvalue weighted by Crippen LogP contribution is 2.31. The maximum absolute atomic E-state index is 12.3. The largest absolute Gasteiger partial charge is 0.326 e. The molecule has 0 aromatic carbocycles. The Morgan fingerprint density at radius 3 is 2.41 bits per heavy atom. The SMILES string of the molecule is CSC1CCC(N2CNC(C(C)C)C2=O)CC1. The summed E-state index contributed by atoms with van der Waals surface area (Å²) in [5.74, 6) is 0.725. The van der Waals surface area contributed by atoms with Gasteiger partial charge < -0.3 is 4.90 Å². The lowest BCUT2D eigenvalue weighted by molar-refractivity contribution is -0.132. The number of nitrogens with one attached hydrogen (secondary N) is 1. The van der Waals surface area contributed by atoms with E-state index in [0.717, 1.165) is 11.9 Å². The van der Waals surface area contributed by atoms with Crippen LogP contribution in [0.25, 0.3) is 0 Å². The highest BCUT2D eigenvalue weighted by Gasteiger charge is 2.38. The van der Waals surface area contributed by atoms with Crippen molar-refractivity contribution in [3.05, 3.63) is 0 Å². The molecule has 4 heteroatoms. The number of carbonyl (C=O) groups excluding carboxylic acids is 1. The first-order chi connectivity index (χ1) is 8.13. The van der Waals surface area contributed by atoms with Crippen molar-refractivity contribution < 1.29 is 4.79 Å². The zero-order chi connectivity index (χ0) is 12.4. The van der Waals surface area contributed by atoms with Gasteiger partial charge in [-0.2, -0.15) is 11.8 Å². The molecule has 1 aliphatic heterocycles. The normalized spacial score (nSPS) is 34.7. The van der Waals surface area contributed by atoms with Gasteiger partial charge in [0.25, 0.3) is 0 Å². The van der Waals surface area contributed by atoms with Crippen LogP contribution in [0.5, 0.6) is 0 Å². The van der Waals surface area contributed by atoms with Crippen LogP contribution in [-0.4, -0.2) is 41.1 Å². The van der Waals surface area contributed by atoms with Crippen molar-refractivity contribution in [3.8, 4) is 0 Å². The van der Waals surface area contributed by atoms with Gasteiger partial charge in [-0.05, 0) is 37.9 Å². The minimum absolute atomic E-state index is 0.0493. The Bertz CT molecular complexity index is 275. The molecule has 0 aromatic rings. The summed E-state index contributed by atoms with van der Waals surface area (Å²) in [4.78, 5) is 14.3. The molecular formula is C13H24N2OS. The van der Waals surface area contributed by atoms with E-state index in [-0.39, 0.29) is 6.04 Å². The van der Waals surface area contributed by atoms with Crippen LogP contribution in [0.1, 0.15) is 39.5 Å². The summed E-state index contributed by atoms with van der Waals surface area (Å²) in [6, 6.07) is 0.537. The van der Waals surface area contributed by atoms with E-state index < -0.39 is 0 Å². The number of carbonyl (C=O) groups is 1. The lowest BCUT2D eigenvalue weighted by Gasteiger charge is -2.33. The summed E-state index contributed by atoms with van der Waals surface area (Å²) in [6.45, 7) is 4.99. The lowest BCUT2D eigenvalue weighted by Crippen LogP contribution is -2.42. The highest BCUT2D eigenvalue weighted by molar-refractivity contribution is 7.99. The summed E-state index contributed by atoms with van der Waals surface area (Å²) in [6.07, 6.45) is 7.10. The second kappa shape index (κ2) is 5.61. The number of nitrogens with zero attached hydrogens (tertiary/aromatic N) is 1. The second-order valence-electron chi connectivity index (χ2n) is 5.56. The molecule has 1 atom stereocenters. The molecule has 1 saturated heterocycles. The minimum Gasteiger partial charge on any atom is -0.326 e. The number of thioether (sulfide) groups is 1. The predicted molar refractivity (Wildman–Crippen MR) is 73.0 cm³/mol. The molecule has 0 spiro atoms. The van der Waals surface area contributed by atoms with Crippen molar-refractivity contribution in [2.45, 2.75) is 56.9 Å². The van der Waals surface area contributed by atoms with Gasteiger partial charge in [0.2, 0.25) is 5.91 Å². The Labute approximate surface area is 109 Å². The summed E-state index contributed by atoms with van der Waals surface area (Å²) in [5, 5.41) is 4.17. The van der Waals surface area contributed by atoms with Crippen molar-refractivity contribution in [2.75, 3.05) is 12.9 Å². The van der Waals surface area contributed by atoms with Crippen molar-refractivity contribution in [3.63, 3.8) is 0 Å². The van der Waals surface area contributed by atoms with E-state index >= 15 is 0 Å². The molecule has 2 rings (SSSR count). The Hall–Kier alpha value is -0.220. The number of amides is 1. The predicted octanol–water partition coefficient (Wildman–Crippen LogP) is 2.07. The topological polar surface area (TPSA) is 32.3 Å². The van der Waals surface area contributed by atoms with Gasteiger partial charge in [-0.25, -0.2) is 0 Å². The third-order valence-electron chi connectivity index (χ3n) is 4.12. The van der Waals surface area contributed by atoms with Gasteiger partial charge in [0.05, 0.1) is 12.7 Å². The van der Waals surface area contributed by atoms with Crippen molar-refractivity contribution in [2.24, 2.45) is 5.92 Å². The molecule has 3 nitrogen and oxygen atoms in total. The lowest BCUT2D eigenvalue weighted by atomic mass is 9.93. The zero-order valence-corrected chi connectivity index (χ0v) is 11.9. The Balaban J connectivity index is 1.90. The maximum atomic E-state index is 12.3. The quantitative estimate of drug-likeness (QED) is 0.839. The summed E-state index contributed by atoms with van der Waals surface area (Å²) in [5.41, 5.74) is 0. The fraction of sp³-hybridized carbons (Fsp3) is 0.923. The van der Waals surface area contributed by atoms with Crippen LogP contribution in [0.2, 0.25) is 0 Å². The van der Waals surface area contributed by atoms with Gasteiger partial charge in [-0.15, -0.1) is 0 Å². The molecule has 0 aromatic heterocycles. The zero-order valence-electron chi connectivity index (χ0n) is 11.1. The van der Waals surface area contributed by atoms with E-state index in [9.17, 15) is 4.79 Å². The summed E-state index contributed by atoms with van der Waals surface area (Å²) in [7, 11) is 0. The van der Waals surface area contributed by atoms with Gasteiger partial charge in [0.1, 0.15) is 0 Å².